The van der Waals surface area contributed by atoms with Gasteiger partial charge >= 0.3 is 0 Å². The van der Waals surface area contributed by atoms with Gasteiger partial charge in [-0.05, 0) is 37.5 Å². The molecule has 5 rings (SSSR count). The molecule has 3 heterocycles. The summed E-state index contributed by atoms with van der Waals surface area (Å²) in [5.41, 5.74) is 0.869. The van der Waals surface area contributed by atoms with Crippen LogP contribution in [0.4, 0.5) is 11.8 Å². The number of aliphatic hydroxyl groups is 1. The molecule has 2 N–H and O–H groups in total. The fourth-order valence-electron chi connectivity index (χ4n) is 4.66. The molecule has 1 aromatic carbocycles. The summed E-state index contributed by atoms with van der Waals surface area (Å²) < 4.78 is 7.17. The van der Waals surface area contributed by atoms with Crippen LogP contribution in [0, 0.1) is 0 Å². The first-order valence-corrected chi connectivity index (χ1v) is 11.5. The van der Waals surface area contributed by atoms with Crippen LogP contribution in [0.2, 0.25) is 5.02 Å². The average Bonchev–Trinajstić information content (AvgIpc) is 3.55. The van der Waals surface area contributed by atoms with Crippen molar-refractivity contribution >= 4 is 35.2 Å². The van der Waals surface area contributed by atoms with Crippen LogP contribution in [-0.2, 0) is 6.54 Å². The first-order chi connectivity index (χ1) is 16.0. The quantitative estimate of drug-likeness (QED) is 0.604. The van der Waals surface area contributed by atoms with Crippen LogP contribution in [0.1, 0.15) is 35.8 Å². The maximum absolute atomic E-state index is 13.6. The van der Waals surface area contributed by atoms with Crippen LogP contribution in [0.3, 0.4) is 0 Å². The van der Waals surface area contributed by atoms with E-state index in [0.29, 0.717) is 73.2 Å². The van der Waals surface area contributed by atoms with Gasteiger partial charge in [-0.1, -0.05) is 29.8 Å². The predicted octanol–water partition coefficient (Wildman–Crippen LogP) is 2.74. The van der Waals surface area contributed by atoms with E-state index in [0.717, 1.165) is 5.56 Å². The standard InChI is InChI=1S/C23H27ClN6O3/c1-3-28-20(32)18-19(29-11-10-25-22(28)29)26-21(27-23(14-31)8-4-5-9-23)30(18)13-15-6-7-17(33-2)16(24)12-15/h4-7,12,31H,3,8-11,13-14H2,1-2H3,(H,26,27). The lowest BCUT2D eigenvalue weighted by Gasteiger charge is -2.33. The Labute approximate surface area is 197 Å². The molecule has 33 heavy (non-hydrogen) atoms. The van der Waals surface area contributed by atoms with Gasteiger partial charge in [0.05, 0.1) is 37.4 Å². The Balaban J connectivity index is 1.62. The van der Waals surface area contributed by atoms with E-state index in [1.807, 2.05) is 34.6 Å². The number of aromatic nitrogens is 2. The normalized spacial score (nSPS) is 18.4. The number of methoxy groups -OCH3 is 1. The maximum Gasteiger partial charge on any atom is 0.281 e. The van der Waals surface area contributed by atoms with Crippen molar-refractivity contribution in [1.82, 2.24) is 14.5 Å². The molecule has 10 heteroatoms. The van der Waals surface area contributed by atoms with Gasteiger partial charge in [0.2, 0.25) is 11.9 Å². The molecule has 1 aromatic heterocycles. The van der Waals surface area contributed by atoms with Gasteiger partial charge < -0.3 is 15.2 Å². The molecule has 1 aliphatic carbocycles. The molecule has 0 unspecified atom stereocenters. The highest BCUT2D eigenvalue weighted by Gasteiger charge is 2.42. The molecule has 0 bridgehead atoms. The molecule has 0 saturated carbocycles. The van der Waals surface area contributed by atoms with Crippen molar-refractivity contribution in [2.75, 3.05) is 43.6 Å². The SMILES string of the molecule is CCN1C(=O)c2c(nc(NC3(CO)CC=CC3)n2Cc2ccc(OC)c(Cl)c2)N2CCN=C12. The van der Waals surface area contributed by atoms with Gasteiger partial charge in [-0.3, -0.25) is 24.2 Å². The molecule has 3 aliphatic rings. The number of nitrogens with zero attached hydrogens (tertiary/aromatic N) is 5. The second-order valence-corrected chi connectivity index (χ2v) is 8.90. The zero-order valence-corrected chi connectivity index (χ0v) is 19.5. The fraction of sp³-hybridized carbons (Fsp3) is 0.435. The number of benzene rings is 1. The Bertz CT molecular complexity index is 1150. The number of anilines is 2. The van der Waals surface area contributed by atoms with Crippen LogP contribution >= 0.6 is 11.6 Å². The molecule has 0 spiro atoms. The van der Waals surface area contributed by atoms with Crippen molar-refractivity contribution in [3.8, 4) is 5.75 Å². The number of amides is 1. The van der Waals surface area contributed by atoms with Gasteiger partial charge in [-0.25, -0.2) is 0 Å². The largest absolute Gasteiger partial charge is 0.495 e. The molecule has 174 valence electrons. The van der Waals surface area contributed by atoms with E-state index in [1.54, 1.807) is 12.0 Å². The number of ether oxygens (including phenoxy) is 1. The number of carbonyl (C=O) groups is 1. The number of hydrogen-bond acceptors (Lipinski definition) is 7. The summed E-state index contributed by atoms with van der Waals surface area (Å²) in [7, 11) is 1.58. The molecule has 0 atom stereocenters. The van der Waals surface area contributed by atoms with Gasteiger partial charge in [0.1, 0.15) is 5.75 Å². The van der Waals surface area contributed by atoms with Crippen molar-refractivity contribution < 1.29 is 14.6 Å². The zero-order valence-electron chi connectivity index (χ0n) is 18.7. The van der Waals surface area contributed by atoms with Gasteiger partial charge in [0.15, 0.2) is 11.5 Å². The summed E-state index contributed by atoms with van der Waals surface area (Å²) in [6.45, 7) is 4.08. The first-order valence-electron chi connectivity index (χ1n) is 11.1. The third kappa shape index (κ3) is 3.55. The number of rotatable bonds is 7. The molecule has 9 nitrogen and oxygen atoms in total. The molecule has 2 aromatic rings. The number of carbonyl (C=O) groups excluding carboxylic acids is 1. The highest BCUT2D eigenvalue weighted by molar-refractivity contribution is 6.32. The molecule has 0 saturated heterocycles. The van der Waals surface area contributed by atoms with E-state index in [2.05, 4.69) is 22.5 Å². The summed E-state index contributed by atoms with van der Waals surface area (Å²) in [5, 5.41) is 14.1. The topological polar surface area (TPSA) is 95.2 Å². The lowest BCUT2D eigenvalue weighted by atomic mass is 9.98. The lowest BCUT2D eigenvalue weighted by Crippen LogP contribution is -2.50. The third-order valence-electron chi connectivity index (χ3n) is 6.45. The monoisotopic (exact) mass is 470 g/mol. The molecule has 0 fully saturated rings. The second kappa shape index (κ2) is 8.39. The Morgan fingerprint density at radius 3 is 2.76 bits per heavy atom. The Morgan fingerprint density at radius 2 is 2.09 bits per heavy atom. The van der Waals surface area contributed by atoms with Crippen LogP contribution in [0.5, 0.6) is 5.75 Å². The number of imidazole rings is 1. The van der Waals surface area contributed by atoms with Gasteiger partial charge in [-0.2, -0.15) is 4.98 Å². The zero-order chi connectivity index (χ0) is 23.2. The molecule has 1 amide bonds. The minimum atomic E-state index is -0.543. The third-order valence-corrected chi connectivity index (χ3v) is 6.74. The van der Waals surface area contributed by atoms with Crippen molar-refractivity contribution in [3.63, 3.8) is 0 Å². The predicted molar refractivity (Wildman–Crippen MR) is 128 cm³/mol. The van der Waals surface area contributed by atoms with E-state index < -0.39 is 5.54 Å². The van der Waals surface area contributed by atoms with Crippen LogP contribution < -0.4 is 15.0 Å². The van der Waals surface area contributed by atoms with E-state index in [9.17, 15) is 9.90 Å². The van der Waals surface area contributed by atoms with E-state index in [4.69, 9.17) is 21.3 Å². The number of halogens is 1. The van der Waals surface area contributed by atoms with Crippen LogP contribution in [-0.4, -0.2) is 70.3 Å². The summed E-state index contributed by atoms with van der Waals surface area (Å²) in [4.78, 5) is 26.7. The minimum absolute atomic E-state index is 0.0443. The summed E-state index contributed by atoms with van der Waals surface area (Å²) in [6.07, 6.45) is 5.46. The number of nitrogens with one attached hydrogen (secondary N) is 1. The number of aliphatic hydroxyl groups excluding tert-OH is 1. The van der Waals surface area contributed by atoms with Crippen LogP contribution in [0.15, 0.2) is 35.3 Å². The fourth-order valence-corrected chi connectivity index (χ4v) is 4.94. The number of aliphatic imine (C=N–C) groups is 1. The highest BCUT2D eigenvalue weighted by Crippen LogP contribution is 2.36. The van der Waals surface area contributed by atoms with E-state index in [1.165, 1.54) is 0 Å². The van der Waals surface area contributed by atoms with Crippen molar-refractivity contribution in [1.29, 1.82) is 0 Å². The number of guanidine groups is 1. The Hall–Kier alpha value is -3.04. The van der Waals surface area contributed by atoms with E-state index in [-0.39, 0.29) is 12.5 Å². The molecule has 2 aliphatic heterocycles. The molecular weight excluding hydrogens is 444 g/mol. The maximum atomic E-state index is 13.6. The minimum Gasteiger partial charge on any atom is -0.495 e. The van der Waals surface area contributed by atoms with Crippen molar-refractivity contribution in [2.45, 2.75) is 31.8 Å². The summed E-state index contributed by atoms with van der Waals surface area (Å²) in [6, 6.07) is 5.58. The summed E-state index contributed by atoms with van der Waals surface area (Å²) in [5.74, 6) is 2.25. The van der Waals surface area contributed by atoms with E-state index >= 15 is 0 Å². The number of hydrogen-bond donors (Lipinski definition) is 2. The first kappa shape index (κ1) is 21.8. The summed E-state index contributed by atoms with van der Waals surface area (Å²) >= 11 is 6.38. The molecular formula is C23H27ClN6O3. The highest BCUT2D eigenvalue weighted by atomic mass is 35.5. The average molecular weight is 471 g/mol. The number of fused-ring (bicyclic) bond motifs is 3. The van der Waals surface area contributed by atoms with Crippen molar-refractivity contribution in [2.24, 2.45) is 4.99 Å². The van der Waals surface area contributed by atoms with Gasteiger partial charge in [-0.15, -0.1) is 0 Å². The van der Waals surface area contributed by atoms with Gasteiger partial charge in [0, 0.05) is 13.1 Å². The lowest BCUT2D eigenvalue weighted by molar-refractivity contribution is 0.0836. The van der Waals surface area contributed by atoms with Crippen LogP contribution in [0.25, 0.3) is 0 Å². The van der Waals surface area contributed by atoms with Crippen molar-refractivity contribution in [3.05, 3.63) is 46.6 Å². The van der Waals surface area contributed by atoms with Gasteiger partial charge in [0.25, 0.3) is 5.91 Å². The smallest absolute Gasteiger partial charge is 0.281 e. The Morgan fingerprint density at radius 1 is 1.30 bits per heavy atom. The Kier molecular flexibility index (Phi) is 5.54. The second-order valence-electron chi connectivity index (χ2n) is 8.49. The molecule has 0 radical (unpaired) electrons.